The molecule has 78 valence electrons. The van der Waals surface area contributed by atoms with Crippen LogP contribution in [0.4, 0.5) is 0 Å². The maximum absolute atomic E-state index is 9.72. The van der Waals surface area contributed by atoms with Crippen LogP contribution in [0.25, 0.3) is 11.3 Å². The van der Waals surface area contributed by atoms with E-state index in [4.69, 9.17) is 0 Å². The number of hydrogen-bond donors (Lipinski definition) is 1. The Bertz CT molecular complexity index is 474. The Morgan fingerprint density at radius 2 is 2.20 bits per heavy atom. The van der Waals surface area contributed by atoms with Crippen molar-refractivity contribution in [3.8, 4) is 17.0 Å². The molecule has 0 spiro atoms. The summed E-state index contributed by atoms with van der Waals surface area (Å²) in [5.74, 6) is 0.238. The van der Waals surface area contributed by atoms with Gasteiger partial charge in [-0.1, -0.05) is 23.8 Å². The van der Waals surface area contributed by atoms with Gasteiger partial charge in [0.05, 0.1) is 6.20 Å². The van der Waals surface area contributed by atoms with E-state index in [1.807, 2.05) is 38.1 Å². The Kier molecular flexibility index (Phi) is 2.46. The summed E-state index contributed by atoms with van der Waals surface area (Å²) in [5, 5.41) is 13.8. The van der Waals surface area contributed by atoms with Crippen molar-refractivity contribution in [1.29, 1.82) is 0 Å². The van der Waals surface area contributed by atoms with Crippen molar-refractivity contribution in [1.82, 2.24) is 9.78 Å². The lowest BCUT2D eigenvalue weighted by Gasteiger charge is -2.06. The van der Waals surface area contributed by atoms with E-state index < -0.39 is 0 Å². The zero-order chi connectivity index (χ0) is 10.8. The van der Waals surface area contributed by atoms with Crippen LogP contribution in [-0.2, 0) is 6.54 Å². The van der Waals surface area contributed by atoms with Crippen LogP contribution in [0.15, 0.2) is 30.5 Å². The number of aromatic hydroxyl groups is 1. The van der Waals surface area contributed by atoms with Crippen molar-refractivity contribution in [3.05, 3.63) is 36.0 Å². The van der Waals surface area contributed by atoms with Gasteiger partial charge in [0.25, 0.3) is 0 Å². The summed E-state index contributed by atoms with van der Waals surface area (Å²) in [6, 6.07) is 8.04. The fraction of sp³-hybridized carbons (Fsp3) is 0.250. The van der Waals surface area contributed by atoms with E-state index in [-0.39, 0.29) is 5.75 Å². The average molecular weight is 202 g/mol. The Balaban J connectivity index is 2.57. The molecule has 0 atom stereocenters. The molecule has 2 aromatic rings. The van der Waals surface area contributed by atoms with Gasteiger partial charge in [-0.3, -0.25) is 4.68 Å². The van der Waals surface area contributed by atoms with Crippen LogP contribution in [0.1, 0.15) is 12.5 Å². The molecule has 0 bridgehead atoms. The van der Waals surface area contributed by atoms with Crippen molar-refractivity contribution in [3.63, 3.8) is 0 Å². The predicted molar refractivity (Wildman–Crippen MR) is 59.7 cm³/mol. The van der Waals surface area contributed by atoms with Gasteiger partial charge in [-0.15, -0.1) is 0 Å². The molecule has 2 rings (SSSR count). The highest BCUT2D eigenvalue weighted by Gasteiger charge is 2.10. The van der Waals surface area contributed by atoms with E-state index in [9.17, 15) is 5.11 Å². The lowest BCUT2D eigenvalue weighted by Crippen LogP contribution is -1.98. The maximum Gasteiger partial charge on any atom is 0.161 e. The second-order valence-electron chi connectivity index (χ2n) is 3.56. The second kappa shape index (κ2) is 3.77. The van der Waals surface area contributed by atoms with E-state index in [1.54, 1.807) is 4.68 Å². The molecule has 0 unspecified atom stereocenters. The summed E-state index contributed by atoms with van der Waals surface area (Å²) >= 11 is 0. The normalized spacial score (nSPS) is 10.5. The highest BCUT2D eigenvalue weighted by Crippen LogP contribution is 2.28. The summed E-state index contributed by atoms with van der Waals surface area (Å²) in [6.07, 6.45) is 1.49. The fourth-order valence-corrected chi connectivity index (χ4v) is 1.70. The third-order valence-corrected chi connectivity index (χ3v) is 2.41. The monoisotopic (exact) mass is 202 g/mol. The number of rotatable bonds is 2. The molecule has 15 heavy (non-hydrogen) atoms. The van der Waals surface area contributed by atoms with Gasteiger partial charge < -0.3 is 5.11 Å². The summed E-state index contributed by atoms with van der Waals surface area (Å²) in [4.78, 5) is 0. The van der Waals surface area contributed by atoms with Gasteiger partial charge in [0.1, 0.15) is 5.69 Å². The van der Waals surface area contributed by atoms with Gasteiger partial charge in [-0.25, -0.2) is 0 Å². The lowest BCUT2D eigenvalue weighted by molar-refractivity contribution is 0.476. The minimum atomic E-state index is 0.238. The number of benzene rings is 1. The van der Waals surface area contributed by atoms with Crippen molar-refractivity contribution in [2.75, 3.05) is 0 Å². The number of aromatic nitrogens is 2. The molecule has 0 amide bonds. The molecule has 0 aliphatic heterocycles. The molecule has 3 heteroatoms. The first kappa shape index (κ1) is 9.77. The van der Waals surface area contributed by atoms with Gasteiger partial charge in [0.15, 0.2) is 5.75 Å². The summed E-state index contributed by atoms with van der Waals surface area (Å²) in [6.45, 7) is 4.79. The van der Waals surface area contributed by atoms with Crippen molar-refractivity contribution < 1.29 is 5.11 Å². The minimum absolute atomic E-state index is 0.238. The quantitative estimate of drug-likeness (QED) is 0.812. The highest BCUT2D eigenvalue weighted by atomic mass is 16.3. The Labute approximate surface area is 89.0 Å². The smallest absolute Gasteiger partial charge is 0.161 e. The van der Waals surface area contributed by atoms with Gasteiger partial charge >= 0.3 is 0 Å². The molecule has 0 fully saturated rings. The van der Waals surface area contributed by atoms with Crippen molar-refractivity contribution in [2.24, 2.45) is 0 Å². The van der Waals surface area contributed by atoms with Gasteiger partial charge in [-0.2, -0.15) is 5.10 Å². The number of hydrogen-bond acceptors (Lipinski definition) is 2. The average Bonchev–Trinajstić information content (AvgIpc) is 2.59. The molecule has 1 N–H and O–H groups in total. The molecule has 0 aliphatic carbocycles. The van der Waals surface area contributed by atoms with E-state index in [0.717, 1.165) is 17.8 Å². The van der Waals surface area contributed by atoms with Crippen LogP contribution in [0.2, 0.25) is 0 Å². The number of aryl methyl sites for hydroxylation is 2. The van der Waals surface area contributed by atoms with Crippen LogP contribution < -0.4 is 0 Å². The van der Waals surface area contributed by atoms with Crippen molar-refractivity contribution in [2.45, 2.75) is 20.4 Å². The second-order valence-corrected chi connectivity index (χ2v) is 3.56. The minimum Gasteiger partial charge on any atom is -0.504 e. The van der Waals surface area contributed by atoms with Gasteiger partial charge in [0.2, 0.25) is 0 Å². The molecular weight excluding hydrogens is 188 g/mol. The summed E-state index contributed by atoms with van der Waals surface area (Å²) < 4.78 is 1.80. The highest BCUT2D eigenvalue weighted by molar-refractivity contribution is 5.66. The molecular formula is C12H14N2O. The molecule has 1 heterocycles. The molecule has 1 aromatic carbocycles. The predicted octanol–water partition coefficient (Wildman–Crippen LogP) is 2.58. The Hall–Kier alpha value is -1.77. The van der Waals surface area contributed by atoms with Crippen LogP contribution in [0.3, 0.4) is 0 Å². The first-order valence-electron chi connectivity index (χ1n) is 5.04. The third kappa shape index (κ3) is 1.73. The van der Waals surface area contributed by atoms with Crippen LogP contribution in [0, 0.1) is 6.92 Å². The standard InChI is InChI=1S/C12H14N2O/c1-3-14-12(11(15)8-13-14)10-6-4-5-9(2)7-10/h4-8,15H,3H2,1-2H3. The lowest BCUT2D eigenvalue weighted by atomic mass is 10.1. The first-order valence-corrected chi connectivity index (χ1v) is 5.04. The Morgan fingerprint density at radius 3 is 2.87 bits per heavy atom. The molecule has 0 radical (unpaired) electrons. The molecule has 0 saturated carbocycles. The molecule has 0 aliphatic rings. The van der Waals surface area contributed by atoms with Crippen molar-refractivity contribution >= 4 is 0 Å². The van der Waals surface area contributed by atoms with E-state index in [1.165, 1.54) is 11.8 Å². The third-order valence-electron chi connectivity index (χ3n) is 2.41. The van der Waals surface area contributed by atoms with E-state index in [0.29, 0.717) is 0 Å². The molecule has 3 nitrogen and oxygen atoms in total. The maximum atomic E-state index is 9.72. The van der Waals surface area contributed by atoms with E-state index in [2.05, 4.69) is 5.10 Å². The SMILES string of the molecule is CCn1ncc(O)c1-c1cccc(C)c1. The molecule has 0 saturated heterocycles. The zero-order valence-electron chi connectivity index (χ0n) is 8.94. The summed E-state index contributed by atoms with van der Waals surface area (Å²) in [7, 11) is 0. The van der Waals surface area contributed by atoms with E-state index >= 15 is 0 Å². The Morgan fingerprint density at radius 1 is 1.40 bits per heavy atom. The van der Waals surface area contributed by atoms with Crippen LogP contribution in [0.5, 0.6) is 5.75 Å². The van der Waals surface area contributed by atoms with Crippen LogP contribution >= 0.6 is 0 Å². The van der Waals surface area contributed by atoms with Crippen LogP contribution in [-0.4, -0.2) is 14.9 Å². The summed E-state index contributed by atoms with van der Waals surface area (Å²) in [5.41, 5.74) is 2.98. The first-order chi connectivity index (χ1) is 7.22. The van der Waals surface area contributed by atoms with Gasteiger partial charge in [-0.05, 0) is 19.9 Å². The molecule has 1 aromatic heterocycles. The fourth-order valence-electron chi connectivity index (χ4n) is 1.70. The van der Waals surface area contributed by atoms with Gasteiger partial charge in [0, 0.05) is 12.1 Å². The number of nitrogens with zero attached hydrogens (tertiary/aromatic N) is 2. The topological polar surface area (TPSA) is 38.0 Å². The zero-order valence-corrected chi connectivity index (χ0v) is 8.94. The largest absolute Gasteiger partial charge is 0.504 e.